The summed E-state index contributed by atoms with van der Waals surface area (Å²) in [5.74, 6) is -2.06. The molecular formula is C10H10ClFN2O3. The highest BCUT2D eigenvalue weighted by Crippen LogP contribution is 2.18. The molecule has 1 aromatic carbocycles. The predicted molar refractivity (Wildman–Crippen MR) is 60.5 cm³/mol. The normalized spacial score (nSPS) is 10.0. The van der Waals surface area contributed by atoms with Crippen LogP contribution in [0.5, 0.6) is 0 Å². The molecule has 17 heavy (non-hydrogen) atoms. The van der Waals surface area contributed by atoms with Crippen LogP contribution in [0.15, 0.2) is 18.2 Å². The average molecular weight is 261 g/mol. The van der Waals surface area contributed by atoms with Crippen LogP contribution in [0.25, 0.3) is 0 Å². The molecule has 0 unspecified atom stereocenters. The maximum atomic E-state index is 12.8. The lowest BCUT2D eigenvalue weighted by atomic mass is 10.3. The van der Waals surface area contributed by atoms with Gasteiger partial charge in [0.2, 0.25) is 5.91 Å². The van der Waals surface area contributed by atoms with Gasteiger partial charge in [-0.15, -0.1) is 0 Å². The number of hydrogen-bond donors (Lipinski definition) is 3. The van der Waals surface area contributed by atoms with E-state index in [1.807, 2.05) is 0 Å². The molecule has 3 N–H and O–H groups in total. The minimum atomic E-state index is -1.05. The van der Waals surface area contributed by atoms with E-state index in [0.717, 1.165) is 6.07 Å². The van der Waals surface area contributed by atoms with Crippen LogP contribution >= 0.6 is 11.6 Å². The number of carbonyl (C=O) groups excluding carboxylic acids is 1. The molecule has 0 saturated heterocycles. The van der Waals surface area contributed by atoms with Crippen molar-refractivity contribution in [1.82, 2.24) is 5.32 Å². The van der Waals surface area contributed by atoms with E-state index in [4.69, 9.17) is 16.7 Å². The zero-order valence-electron chi connectivity index (χ0n) is 8.67. The summed E-state index contributed by atoms with van der Waals surface area (Å²) < 4.78 is 12.8. The number of nitrogens with one attached hydrogen (secondary N) is 2. The van der Waals surface area contributed by atoms with Crippen molar-refractivity contribution < 1.29 is 19.1 Å². The van der Waals surface area contributed by atoms with Crippen LogP contribution in [0.1, 0.15) is 0 Å². The molecule has 0 aliphatic rings. The third-order valence-electron chi connectivity index (χ3n) is 1.77. The number of benzene rings is 1. The lowest BCUT2D eigenvalue weighted by Gasteiger charge is -2.06. The number of rotatable bonds is 5. The smallest absolute Gasteiger partial charge is 0.317 e. The molecule has 5 nitrogen and oxygen atoms in total. The van der Waals surface area contributed by atoms with Crippen LogP contribution in [0.2, 0.25) is 5.02 Å². The molecule has 0 radical (unpaired) electrons. The van der Waals surface area contributed by atoms with Crippen molar-refractivity contribution in [2.75, 3.05) is 18.4 Å². The molecule has 0 fully saturated rings. The van der Waals surface area contributed by atoms with Crippen LogP contribution in [-0.2, 0) is 9.59 Å². The van der Waals surface area contributed by atoms with Gasteiger partial charge in [0, 0.05) is 5.69 Å². The maximum absolute atomic E-state index is 12.8. The molecule has 7 heteroatoms. The molecule has 1 aromatic rings. The lowest BCUT2D eigenvalue weighted by Crippen LogP contribution is -2.31. The van der Waals surface area contributed by atoms with Gasteiger partial charge in [0.05, 0.1) is 18.1 Å². The van der Waals surface area contributed by atoms with Gasteiger partial charge in [-0.05, 0) is 18.2 Å². The predicted octanol–water partition coefficient (Wildman–Crippen LogP) is 1.09. The van der Waals surface area contributed by atoms with Crippen LogP contribution in [-0.4, -0.2) is 30.1 Å². The second-order valence-corrected chi connectivity index (χ2v) is 3.58. The first-order valence-electron chi connectivity index (χ1n) is 4.66. The Hall–Kier alpha value is -1.66. The maximum Gasteiger partial charge on any atom is 0.317 e. The fourth-order valence-corrected chi connectivity index (χ4v) is 1.24. The summed E-state index contributed by atoms with van der Waals surface area (Å²) in [6.07, 6.45) is 0. The van der Waals surface area contributed by atoms with E-state index in [1.54, 1.807) is 0 Å². The summed E-state index contributed by atoms with van der Waals surface area (Å²) in [7, 11) is 0. The van der Waals surface area contributed by atoms with E-state index in [2.05, 4.69) is 10.6 Å². The fourth-order valence-electron chi connectivity index (χ4n) is 1.06. The van der Waals surface area contributed by atoms with Crippen molar-refractivity contribution in [1.29, 1.82) is 0 Å². The van der Waals surface area contributed by atoms with Crippen molar-refractivity contribution in [3.05, 3.63) is 29.0 Å². The first-order chi connectivity index (χ1) is 7.99. The molecule has 0 aliphatic carbocycles. The summed E-state index contributed by atoms with van der Waals surface area (Å²) in [4.78, 5) is 21.5. The van der Waals surface area contributed by atoms with E-state index in [0.29, 0.717) is 5.69 Å². The van der Waals surface area contributed by atoms with Gasteiger partial charge in [0.1, 0.15) is 5.82 Å². The molecular weight excluding hydrogens is 251 g/mol. The second kappa shape index (κ2) is 6.17. The Kier molecular flexibility index (Phi) is 4.86. The van der Waals surface area contributed by atoms with Crippen molar-refractivity contribution >= 4 is 29.2 Å². The summed E-state index contributed by atoms with van der Waals surface area (Å²) >= 11 is 5.52. The molecule has 0 spiro atoms. The molecule has 0 aromatic heterocycles. The first kappa shape index (κ1) is 13.4. The Morgan fingerprint density at radius 3 is 2.65 bits per heavy atom. The van der Waals surface area contributed by atoms with E-state index in [9.17, 15) is 14.0 Å². The van der Waals surface area contributed by atoms with Gasteiger partial charge in [0.25, 0.3) is 0 Å². The number of halogens is 2. The number of carboxylic acids is 1. The Labute approximate surface area is 102 Å². The summed E-state index contributed by atoms with van der Waals surface area (Å²) in [6, 6.07) is 3.75. The zero-order chi connectivity index (χ0) is 12.8. The minimum absolute atomic E-state index is 0.0960. The Bertz CT molecular complexity index is 440. The Morgan fingerprint density at radius 2 is 2.06 bits per heavy atom. The van der Waals surface area contributed by atoms with Crippen molar-refractivity contribution in [3.63, 3.8) is 0 Å². The number of carboxylic acid groups (broad SMARTS) is 1. The highest BCUT2D eigenvalue weighted by Gasteiger charge is 2.05. The third kappa shape index (κ3) is 4.80. The van der Waals surface area contributed by atoms with E-state index < -0.39 is 17.7 Å². The molecule has 0 heterocycles. The fraction of sp³-hybridized carbons (Fsp3) is 0.200. The quantitative estimate of drug-likeness (QED) is 0.741. The van der Waals surface area contributed by atoms with E-state index >= 15 is 0 Å². The zero-order valence-corrected chi connectivity index (χ0v) is 9.42. The van der Waals surface area contributed by atoms with Crippen LogP contribution in [0.4, 0.5) is 10.1 Å². The SMILES string of the molecule is O=C(O)CNCC(=O)Nc1ccc(F)c(Cl)c1. The topological polar surface area (TPSA) is 78.4 Å². The number of carbonyl (C=O) groups is 2. The lowest BCUT2D eigenvalue weighted by molar-refractivity contribution is -0.135. The van der Waals surface area contributed by atoms with Crippen LogP contribution in [0, 0.1) is 5.82 Å². The largest absolute Gasteiger partial charge is 0.480 e. The van der Waals surface area contributed by atoms with Gasteiger partial charge in [-0.3, -0.25) is 14.9 Å². The Balaban J connectivity index is 2.45. The number of anilines is 1. The summed E-state index contributed by atoms with van der Waals surface area (Å²) in [5, 5.41) is 13.1. The van der Waals surface area contributed by atoms with Crippen LogP contribution < -0.4 is 10.6 Å². The molecule has 1 rings (SSSR count). The third-order valence-corrected chi connectivity index (χ3v) is 2.05. The first-order valence-corrected chi connectivity index (χ1v) is 5.04. The number of aliphatic carboxylic acids is 1. The molecule has 92 valence electrons. The molecule has 0 atom stereocenters. The highest BCUT2D eigenvalue weighted by atomic mass is 35.5. The van der Waals surface area contributed by atoms with E-state index in [-0.39, 0.29) is 18.1 Å². The van der Waals surface area contributed by atoms with Gasteiger partial charge in [-0.1, -0.05) is 11.6 Å². The number of amides is 1. The van der Waals surface area contributed by atoms with Crippen molar-refractivity contribution in [3.8, 4) is 0 Å². The van der Waals surface area contributed by atoms with Gasteiger partial charge in [-0.2, -0.15) is 0 Å². The summed E-state index contributed by atoms with van der Waals surface area (Å²) in [5.41, 5.74) is 0.346. The monoisotopic (exact) mass is 260 g/mol. The minimum Gasteiger partial charge on any atom is -0.480 e. The van der Waals surface area contributed by atoms with Crippen LogP contribution in [0.3, 0.4) is 0 Å². The van der Waals surface area contributed by atoms with Gasteiger partial charge >= 0.3 is 5.97 Å². The van der Waals surface area contributed by atoms with Gasteiger partial charge < -0.3 is 10.4 Å². The number of hydrogen-bond acceptors (Lipinski definition) is 3. The molecule has 0 aliphatic heterocycles. The van der Waals surface area contributed by atoms with Crippen molar-refractivity contribution in [2.24, 2.45) is 0 Å². The average Bonchev–Trinajstić information content (AvgIpc) is 2.23. The van der Waals surface area contributed by atoms with Gasteiger partial charge in [0.15, 0.2) is 0 Å². The van der Waals surface area contributed by atoms with E-state index in [1.165, 1.54) is 12.1 Å². The molecule has 0 bridgehead atoms. The highest BCUT2D eigenvalue weighted by molar-refractivity contribution is 6.31. The molecule has 0 saturated carbocycles. The Morgan fingerprint density at radius 1 is 1.35 bits per heavy atom. The second-order valence-electron chi connectivity index (χ2n) is 3.17. The van der Waals surface area contributed by atoms with Crippen molar-refractivity contribution in [2.45, 2.75) is 0 Å². The summed E-state index contributed by atoms with van der Waals surface area (Å²) in [6.45, 7) is -0.459. The standard InChI is InChI=1S/C10H10ClFN2O3/c11-7-3-6(1-2-8(7)12)14-9(15)4-13-5-10(16)17/h1-3,13H,4-5H2,(H,14,15)(H,16,17). The van der Waals surface area contributed by atoms with Gasteiger partial charge in [-0.25, -0.2) is 4.39 Å². The molecule has 1 amide bonds.